The molecule has 2 atom stereocenters. The Hall–Kier alpha value is -1.88. The van der Waals surface area contributed by atoms with Crippen LogP contribution < -0.4 is 10.6 Å². The molecule has 5 heteroatoms. The zero-order valence-electron chi connectivity index (χ0n) is 13.6. The summed E-state index contributed by atoms with van der Waals surface area (Å²) in [5.74, 6) is 0.676. The van der Waals surface area contributed by atoms with Crippen molar-refractivity contribution in [1.29, 1.82) is 0 Å². The van der Waals surface area contributed by atoms with Gasteiger partial charge in [0, 0.05) is 20.1 Å². The molecule has 0 bridgehead atoms. The van der Waals surface area contributed by atoms with Crippen molar-refractivity contribution in [3.05, 3.63) is 35.9 Å². The van der Waals surface area contributed by atoms with Crippen molar-refractivity contribution in [2.24, 2.45) is 5.92 Å². The molecule has 2 amide bonds. The van der Waals surface area contributed by atoms with Gasteiger partial charge in [-0.15, -0.1) is 0 Å². The van der Waals surface area contributed by atoms with E-state index in [1.807, 2.05) is 30.3 Å². The van der Waals surface area contributed by atoms with Crippen LogP contribution in [0.25, 0.3) is 0 Å². The van der Waals surface area contributed by atoms with Crippen LogP contribution in [0.4, 0.5) is 0 Å². The molecule has 1 aliphatic carbocycles. The number of carbonyl (C=O) groups is 2. The summed E-state index contributed by atoms with van der Waals surface area (Å²) in [6, 6.07) is 9.10. The summed E-state index contributed by atoms with van der Waals surface area (Å²) >= 11 is 0. The van der Waals surface area contributed by atoms with Crippen molar-refractivity contribution in [2.75, 3.05) is 20.1 Å². The number of likely N-dealkylation sites (N-methyl/N-ethyl adjacent to an activating group) is 1. The van der Waals surface area contributed by atoms with Crippen LogP contribution in [0.5, 0.6) is 0 Å². The van der Waals surface area contributed by atoms with Gasteiger partial charge in [0.15, 0.2) is 0 Å². The highest BCUT2D eigenvalue weighted by Crippen LogP contribution is 2.31. The topological polar surface area (TPSA) is 61.4 Å². The maximum absolute atomic E-state index is 12.6. The summed E-state index contributed by atoms with van der Waals surface area (Å²) in [5.41, 5.74) is 0.939. The fourth-order valence-corrected chi connectivity index (χ4v) is 3.33. The van der Waals surface area contributed by atoms with Crippen LogP contribution >= 0.6 is 0 Å². The monoisotopic (exact) mass is 315 g/mol. The lowest BCUT2D eigenvalue weighted by atomic mass is 10.0. The second-order valence-corrected chi connectivity index (χ2v) is 6.51. The number of nitrogens with one attached hydrogen (secondary N) is 2. The minimum Gasteiger partial charge on any atom is -0.358 e. The van der Waals surface area contributed by atoms with Crippen molar-refractivity contribution >= 4 is 11.8 Å². The van der Waals surface area contributed by atoms with Crippen LogP contribution in [-0.4, -0.2) is 42.9 Å². The highest BCUT2D eigenvalue weighted by Gasteiger charge is 2.39. The van der Waals surface area contributed by atoms with Gasteiger partial charge in [-0.05, 0) is 37.2 Å². The lowest BCUT2D eigenvalue weighted by Gasteiger charge is -2.31. The van der Waals surface area contributed by atoms with Gasteiger partial charge >= 0.3 is 0 Å². The smallest absolute Gasteiger partial charge is 0.241 e. The molecular weight excluding hydrogens is 290 g/mol. The Balaban J connectivity index is 1.76. The zero-order valence-corrected chi connectivity index (χ0v) is 13.6. The largest absolute Gasteiger partial charge is 0.358 e. The van der Waals surface area contributed by atoms with E-state index in [4.69, 9.17) is 0 Å². The lowest BCUT2D eigenvalue weighted by molar-refractivity contribution is -0.131. The molecule has 2 aliphatic rings. The molecule has 0 spiro atoms. The number of amides is 2. The molecule has 1 saturated carbocycles. The predicted molar refractivity (Wildman–Crippen MR) is 88.7 cm³/mol. The highest BCUT2D eigenvalue weighted by atomic mass is 16.2. The van der Waals surface area contributed by atoms with E-state index in [9.17, 15) is 9.59 Å². The van der Waals surface area contributed by atoms with E-state index in [0.717, 1.165) is 31.5 Å². The summed E-state index contributed by atoms with van der Waals surface area (Å²) in [5, 5.41) is 5.82. The molecule has 5 nitrogen and oxygen atoms in total. The van der Waals surface area contributed by atoms with E-state index >= 15 is 0 Å². The molecule has 0 aromatic heterocycles. The van der Waals surface area contributed by atoms with Gasteiger partial charge in [-0.25, -0.2) is 0 Å². The lowest BCUT2D eigenvalue weighted by Crippen LogP contribution is -2.48. The standard InChI is InChI=1S/C18H25N3O2/c1-19-18(23)16(14-6-3-2-4-7-14)21-11-5-8-15(21)17(22)20-12-13-9-10-13/h2-4,6-7,13,15-16H,5,8-12H2,1H3,(H,19,23)(H,20,22)/t15-,16+/m0/s1. The second-order valence-electron chi connectivity index (χ2n) is 6.51. The Morgan fingerprint density at radius 2 is 1.96 bits per heavy atom. The Bertz CT molecular complexity index is 557. The third kappa shape index (κ3) is 3.72. The molecule has 23 heavy (non-hydrogen) atoms. The number of nitrogens with zero attached hydrogens (tertiary/aromatic N) is 1. The van der Waals surface area contributed by atoms with Crippen molar-refractivity contribution in [1.82, 2.24) is 15.5 Å². The van der Waals surface area contributed by atoms with Gasteiger partial charge in [-0.2, -0.15) is 0 Å². The van der Waals surface area contributed by atoms with Gasteiger partial charge in [0.25, 0.3) is 0 Å². The molecular formula is C18H25N3O2. The van der Waals surface area contributed by atoms with Crippen molar-refractivity contribution in [3.63, 3.8) is 0 Å². The second kappa shape index (κ2) is 7.13. The van der Waals surface area contributed by atoms with Crippen LogP contribution in [-0.2, 0) is 9.59 Å². The molecule has 1 aromatic rings. The first kappa shape index (κ1) is 16.0. The van der Waals surface area contributed by atoms with Crippen LogP contribution in [0.2, 0.25) is 0 Å². The van der Waals surface area contributed by atoms with Crippen molar-refractivity contribution in [3.8, 4) is 0 Å². The van der Waals surface area contributed by atoms with Gasteiger partial charge in [-0.1, -0.05) is 30.3 Å². The van der Waals surface area contributed by atoms with E-state index in [1.165, 1.54) is 12.8 Å². The van der Waals surface area contributed by atoms with Gasteiger partial charge < -0.3 is 10.6 Å². The Morgan fingerprint density at radius 3 is 2.61 bits per heavy atom. The molecule has 1 saturated heterocycles. The van der Waals surface area contributed by atoms with Gasteiger partial charge in [0.2, 0.25) is 11.8 Å². The molecule has 3 rings (SSSR count). The number of hydrogen-bond acceptors (Lipinski definition) is 3. The average molecular weight is 315 g/mol. The maximum atomic E-state index is 12.6. The number of benzene rings is 1. The quantitative estimate of drug-likeness (QED) is 0.835. The van der Waals surface area contributed by atoms with Crippen molar-refractivity contribution < 1.29 is 9.59 Å². The third-order valence-corrected chi connectivity index (χ3v) is 4.80. The average Bonchev–Trinajstić information content (AvgIpc) is 3.30. The fourth-order valence-electron chi connectivity index (χ4n) is 3.33. The predicted octanol–water partition coefficient (Wildman–Crippen LogP) is 1.46. The van der Waals surface area contributed by atoms with Crippen LogP contribution in [0, 0.1) is 5.92 Å². The SMILES string of the molecule is CNC(=O)[C@@H](c1ccccc1)N1CCC[C@H]1C(=O)NCC1CC1. The number of carbonyl (C=O) groups excluding carboxylic acids is 2. The van der Waals surface area contributed by atoms with Gasteiger partial charge in [0.1, 0.15) is 6.04 Å². The number of rotatable bonds is 6. The summed E-state index contributed by atoms with van der Waals surface area (Å²) in [6.45, 7) is 1.55. The summed E-state index contributed by atoms with van der Waals surface area (Å²) < 4.78 is 0. The van der Waals surface area contributed by atoms with E-state index in [2.05, 4.69) is 15.5 Å². The summed E-state index contributed by atoms with van der Waals surface area (Å²) in [4.78, 5) is 27.1. The van der Waals surface area contributed by atoms with Gasteiger partial charge in [-0.3, -0.25) is 14.5 Å². The van der Waals surface area contributed by atoms with Crippen molar-refractivity contribution in [2.45, 2.75) is 37.8 Å². The summed E-state index contributed by atoms with van der Waals surface area (Å²) in [7, 11) is 1.65. The first-order valence-electron chi connectivity index (χ1n) is 8.50. The van der Waals surface area contributed by atoms with Gasteiger partial charge in [0.05, 0.1) is 6.04 Å². The highest BCUT2D eigenvalue weighted by molar-refractivity contribution is 5.86. The van der Waals surface area contributed by atoms with E-state index < -0.39 is 6.04 Å². The minimum absolute atomic E-state index is 0.0573. The zero-order chi connectivity index (χ0) is 16.2. The Morgan fingerprint density at radius 1 is 1.22 bits per heavy atom. The maximum Gasteiger partial charge on any atom is 0.241 e. The molecule has 1 heterocycles. The van der Waals surface area contributed by atoms with E-state index in [0.29, 0.717) is 5.92 Å². The molecule has 124 valence electrons. The molecule has 0 unspecified atom stereocenters. The Kier molecular flexibility index (Phi) is 4.96. The van der Waals surface area contributed by atoms with Crippen LogP contribution in [0.3, 0.4) is 0 Å². The first-order chi connectivity index (χ1) is 11.2. The summed E-state index contributed by atoms with van der Waals surface area (Å²) in [6.07, 6.45) is 4.21. The molecule has 0 radical (unpaired) electrons. The van der Waals surface area contributed by atoms with Crippen LogP contribution in [0.1, 0.15) is 37.3 Å². The minimum atomic E-state index is -0.402. The molecule has 1 aliphatic heterocycles. The van der Waals surface area contributed by atoms with E-state index in [-0.39, 0.29) is 17.9 Å². The first-order valence-corrected chi connectivity index (χ1v) is 8.50. The van der Waals surface area contributed by atoms with Crippen LogP contribution in [0.15, 0.2) is 30.3 Å². The fraction of sp³-hybridized carbons (Fsp3) is 0.556. The molecule has 2 N–H and O–H groups in total. The Labute approximate surface area is 137 Å². The number of hydrogen-bond donors (Lipinski definition) is 2. The van der Waals surface area contributed by atoms with E-state index in [1.54, 1.807) is 7.05 Å². The number of likely N-dealkylation sites (tertiary alicyclic amines) is 1. The third-order valence-electron chi connectivity index (χ3n) is 4.80. The molecule has 1 aromatic carbocycles. The molecule has 2 fully saturated rings. The normalized spacial score (nSPS) is 22.6.